The van der Waals surface area contributed by atoms with Crippen LogP contribution in [-0.2, 0) is 14.3 Å². The maximum Gasteiger partial charge on any atom is 0.345 e. The van der Waals surface area contributed by atoms with Crippen molar-refractivity contribution in [2.24, 2.45) is 0 Å². The van der Waals surface area contributed by atoms with Gasteiger partial charge in [0, 0.05) is 0 Å². The van der Waals surface area contributed by atoms with Gasteiger partial charge in [0.1, 0.15) is 11.3 Å². The molecule has 0 unspecified atom stereocenters. The van der Waals surface area contributed by atoms with Crippen LogP contribution in [0.3, 0.4) is 0 Å². The normalized spacial score (nSPS) is 11.9. The van der Waals surface area contributed by atoms with Crippen LogP contribution in [0, 0.1) is 0 Å². The van der Waals surface area contributed by atoms with Crippen LogP contribution in [0.15, 0.2) is 102 Å². The summed E-state index contributed by atoms with van der Waals surface area (Å²) in [5.74, 6) is -0.119. The van der Waals surface area contributed by atoms with E-state index in [2.05, 4.69) is 0 Å². The van der Waals surface area contributed by atoms with Crippen LogP contribution in [0.25, 0.3) is 0 Å². The van der Waals surface area contributed by atoms with Crippen LogP contribution in [0.5, 0.6) is 0 Å². The first kappa shape index (κ1) is 21.4. The molecule has 0 amide bonds. The van der Waals surface area contributed by atoms with Crippen molar-refractivity contribution in [3.8, 4) is 0 Å². The van der Waals surface area contributed by atoms with Gasteiger partial charge in [0.25, 0.3) is 0 Å². The Balaban J connectivity index is 2.51. The number of Topliss-reactive ketones (excluding diaryl/α,β-unsaturated/α-hetero) is 1. The molecule has 0 spiro atoms. The van der Waals surface area contributed by atoms with E-state index in [-0.39, 0.29) is 11.3 Å². The molecule has 3 rings (SSSR count). The highest BCUT2D eigenvalue weighted by molar-refractivity contribution is 7.94. The molecule has 5 heteroatoms. The van der Waals surface area contributed by atoms with E-state index >= 15 is 0 Å². The van der Waals surface area contributed by atoms with Crippen molar-refractivity contribution in [3.05, 3.63) is 102 Å². The summed E-state index contributed by atoms with van der Waals surface area (Å²) in [4.78, 5) is 24.4. The SMILES string of the molecule is COC(=O)/C(C(C)=O)=C(/O)C=P(c1ccccc1)(c1ccccc1)c1ccccc1. The summed E-state index contributed by atoms with van der Waals surface area (Å²) in [7, 11) is 1.19. The number of carbonyl (C=O) groups is 2. The summed E-state index contributed by atoms with van der Waals surface area (Å²) >= 11 is 0. The number of hydrogen-bond donors (Lipinski definition) is 1. The number of aliphatic hydroxyl groups excluding tert-OH is 1. The zero-order valence-corrected chi connectivity index (χ0v) is 17.8. The van der Waals surface area contributed by atoms with Crippen LogP contribution < -0.4 is 15.9 Å². The number of methoxy groups -OCH3 is 1. The Labute approximate surface area is 176 Å². The fourth-order valence-corrected chi connectivity index (χ4v) is 7.20. The van der Waals surface area contributed by atoms with Crippen LogP contribution in [0.4, 0.5) is 0 Å². The number of hydrogen-bond acceptors (Lipinski definition) is 4. The Morgan fingerprint density at radius 1 is 0.767 bits per heavy atom. The van der Waals surface area contributed by atoms with Crippen LogP contribution in [0.1, 0.15) is 6.92 Å². The van der Waals surface area contributed by atoms with Gasteiger partial charge in [-0.05, 0) is 35.5 Å². The molecule has 3 aromatic rings. The molecule has 0 atom stereocenters. The second-order valence-corrected chi connectivity index (χ2v) is 9.92. The minimum Gasteiger partial charge on any atom is -0.507 e. The monoisotopic (exact) mass is 418 g/mol. The van der Waals surface area contributed by atoms with Gasteiger partial charge in [-0.3, -0.25) is 4.79 Å². The lowest BCUT2D eigenvalue weighted by Gasteiger charge is -2.28. The van der Waals surface area contributed by atoms with Crippen molar-refractivity contribution >= 4 is 40.3 Å². The Morgan fingerprint density at radius 3 is 1.43 bits per heavy atom. The van der Waals surface area contributed by atoms with E-state index in [1.165, 1.54) is 14.0 Å². The fraction of sp³-hybridized carbons (Fsp3) is 0.0800. The predicted octanol–water partition coefficient (Wildman–Crippen LogP) is 3.36. The molecule has 1 N–H and O–H groups in total. The predicted molar refractivity (Wildman–Crippen MR) is 124 cm³/mol. The van der Waals surface area contributed by atoms with Crippen LogP contribution in [-0.4, -0.2) is 29.8 Å². The summed E-state index contributed by atoms with van der Waals surface area (Å²) < 4.78 is 4.74. The van der Waals surface area contributed by atoms with E-state index in [0.717, 1.165) is 15.9 Å². The Morgan fingerprint density at radius 2 is 1.13 bits per heavy atom. The summed E-state index contributed by atoms with van der Waals surface area (Å²) in [6.45, 7) is -1.31. The van der Waals surface area contributed by atoms with E-state index in [9.17, 15) is 14.7 Å². The summed E-state index contributed by atoms with van der Waals surface area (Å²) in [6, 6.07) is 29.5. The van der Waals surface area contributed by atoms with Crippen LogP contribution in [0.2, 0.25) is 0 Å². The second-order valence-electron chi connectivity index (χ2n) is 6.67. The largest absolute Gasteiger partial charge is 0.507 e. The first-order valence-corrected chi connectivity index (χ1v) is 11.3. The van der Waals surface area contributed by atoms with Crippen LogP contribution >= 0.6 is 6.89 Å². The third-order valence-corrected chi connectivity index (χ3v) is 8.77. The minimum atomic E-state index is -2.55. The van der Waals surface area contributed by atoms with Gasteiger partial charge in [0.2, 0.25) is 0 Å². The molecular formula is C25H23O4P. The average molecular weight is 418 g/mol. The highest BCUT2D eigenvalue weighted by Gasteiger charge is 2.28. The highest BCUT2D eigenvalue weighted by Crippen LogP contribution is 2.44. The number of benzene rings is 3. The van der Waals surface area contributed by atoms with Gasteiger partial charge in [-0.15, -0.1) is 0 Å². The topological polar surface area (TPSA) is 63.6 Å². The molecule has 152 valence electrons. The zero-order chi connectivity index (χ0) is 21.6. The first-order chi connectivity index (χ1) is 14.5. The summed E-state index contributed by atoms with van der Waals surface area (Å²) in [5, 5.41) is 14.0. The third-order valence-electron chi connectivity index (χ3n) is 4.80. The van der Waals surface area contributed by atoms with Gasteiger partial charge in [-0.1, -0.05) is 91.0 Å². The van der Waals surface area contributed by atoms with Crippen molar-refractivity contribution in [2.45, 2.75) is 6.92 Å². The number of ether oxygens (including phenoxy) is 1. The number of aliphatic hydroxyl groups is 1. The standard InChI is InChI=1S/C25H23O4P/c1-19(26)24(25(28)29-2)23(27)18-30(20-12-6-3-7-13-20,21-14-8-4-9-15-21)22-16-10-5-11-17-22/h3-18,27H,1-2H3/b24-23+. The van der Waals surface area contributed by atoms with E-state index in [0.29, 0.717) is 0 Å². The molecule has 0 saturated carbocycles. The van der Waals surface area contributed by atoms with Gasteiger partial charge in [0.05, 0.1) is 7.11 Å². The van der Waals surface area contributed by atoms with Crippen molar-refractivity contribution in [1.29, 1.82) is 0 Å². The molecule has 0 aliphatic carbocycles. The van der Waals surface area contributed by atoms with Crippen molar-refractivity contribution in [2.75, 3.05) is 7.11 Å². The van der Waals surface area contributed by atoms with Crippen molar-refractivity contribution in [1.82, 2.24) is 0 Å². The molecule has 0 heterocycles. The lowest BCUT2D eigenvalue weighted by atomic mass is 10.1. The molecule has 0 saturated heterocycles. The van der Waals surface area contributed by atoms with Gasteiger partial charge in [-0.2, -0.15) is 0 Å². The molecule has 0 radical (unpaired) electrons. The molecule has 0 bridgehead atoms. The summed E-state index contributed by atoms with van der Waals surface area (Å²) in [6.07, 6.45) is 0. The molecule has 0 fully saturated rings. The second kappa shape index (κ2) is 9.43. The molecule has 0 aliphatic heterocycles. The number of allylic oxidation sites excluding steroid dienone is 1. The van der Waals surface area contributed by atoms with Gasteiger partial charge in [-0.25, -0.2) is 4.79 Å². The maximum absolute atomic E-state index is 12.2. The van der Waals surface area contributed by atoms with Crippen molar-refractivity contribution < 1.29 is 19.4 Å². The molecule has 4 nitrogen and oxygen atoms in total. The smallest absolute Gasteiger partial charge is 0.345 e. The molecule has 0 aliphatic rings. The lowest BCUT2D eigenvalue weighted by molar-refractivity contribution is -0.137. The number of carbonyl (C=O) groups excluding carboxylic acids is 2. The Hall–Kier alpha value is -3.36. The van der Waals surface area contributed by atoms with Gasteiger partial charge < -0.3 is 9.84 Å². The minimum absolute atomic E-state index is 0.357. The van der Waals surface area contributed by atoms with E-state index in [4.69, 9.17) is 4.74 Å². The molecular weight excluding hydrogens is 395 g/mol. The third kappa shape index (κ3) is 4.14. The number of ketones is 1. The quantitative estimate of drug-likeness (QED) is 0.167. The molecule has 0 aromatic heterocycles. The van der Waals surface area contributed by atoms with Crippen molar-refractivity contribution in [3.63, 3.8) is 0 Å². The molecule has 30 heavy (non-hydrogen) atoms. The Kier molecular flexibility index (Phi) is 6.71. The zero-order valence-electron chi connectivity index (χ0n) is 16.9. The Bertz CT molecular complexity index is 1010. The van der Waals surface area contributed by atoms with E-state index in [1.54, 1.807) is 5.80 Å². The summed E-state index contributed by atoms with van der Waals surface area (Å²) in [5.41, 5.74) is -0.357. The maximum atomic E-state index is 12.2. The first-order valence-electron chi connectivity index (χ1n) is 9.44. The van der Waals surface area contributed by atoms with Gasteiger partial charge in [0.15, 0.2) is 5.78 Å². The fourth-order valence-electron chi connectivity index (χ4n) is 3.44. The van der Waals surface area contributed by atoms with Gasteiger partial charge >= 0.3 is 5.97 Å². The average Bonchev–Trinajstić information content (AvgIpc) is 2.79. The van der Waals surface area contributed by atoms with E-state index in [1.807, 2.05) is 91.0 Å². The number of rotatable bonds is 6. The molecule has 3 aromatic carbocycles. The highest BCUT2D eigenvalue weighted by atomic mass is 31.2. The van der Waals surface area contributed by atoms with E-state index < -0.39 is 18.6 Å². The number of esters is 1. The lowest BCUT2D eigenvalue weighted by Crippen LogP contribution is -2.28.